The van der Waals surface area contributed by atoms with Crippen molar-refractivity contribution in [2.75, 3.05) is 20.1 Å². The average molecular weight is 233 g/mol. The molecule has 94 valence electrons. The van der Waals surface area contributed by atoms with Crippen LogP contribution in [0.15, 0.2) is 24.4 Å². The van der Waals surface area contributed by atoms with E-state index in [0.717, 1.165) is 31.6 Å². The molecule has 1 saturated carbocycles. The van der Waals surface area contributed by atoms with Gasteiger partial charge in [0.05, 0.1) is 5.69 Å². The highest BCUT2D eigenvalue weighted by Crippen LogP contribution is 2.31. The summed E-state index contributed by atoms with van der Waals surface area (Å²) in [5.41, 5.74) is 1.17. The second-order valence-corrected chi connectivity index (χ2v) is 4.95. The molecule has 3 nitrogen and oxygen atoms in total. The highest BCUT2D eigenvalue weighted by atomic mass is 15.2. The minimum absolute atomic E-state index is 0.732. The van der Waals surface area contributed by atoms with E-state index in [-0.39, 0.29) is 0 Å². The summed E-state index contributed by atoms with van der Waals surface area (Å²) in [6, 6.07) is 6.87. The van der Waals surface area contributed by atoms with Gasteiger partial charge in [0.25, 0.3) is 0 Å². The molecule has 0 spiro atoms. The first-order chi connectivity index (χ1) is 8.31. The lowest BCUT2D eigenvalue weighted by Gasteiger charge is -2.42. The third kappa shape index (κ3) is 3.27. The van der Waals surface area contributed by atoms with Crippen molar-refractivity contribution in [1.29, 1.82) is 0 Å². The zero-order valence-electron chi connectivity index (χ0n) is 10.9. The van der Waals surface area contributed by atoms with Gasteiger partial charge in [-0.05, 0) is 51.0 Å². The summed E-state index contributed by atoms with van der Waals surface area (Å²) in [5.74, 6) is 0.823. The van der Waals surface area contributed by atoms with Crippen LogP contribution in [-0.2, 0) is 6.54 Å². The van der Waals surface area contributed by atoms with Crippen LogP contribution in [0.1, 0.15) is 25.5 Å². The third-order valence-corrected chi connectivity index (χ3v) is 3.74. The fraction of sp³-hybridized carbons (Fsp3) is 0.643. The molecule has 1 aromatic rings. The molecule has 0 aromatic carbocycles. The van der Waals surface area contributed by atoms with Crippen molar-refractivity contribution in [3.63, 3.8) is 0 Å². The molecule has 2 atom stereocenters. The van der Waals surface area contributed by atoms with E-state index in [1.807, 2.05) is 12.3 Å². The van der Waals surface area contributed by atoms with Crippen LogP contribution in [0.4, 0.5) is 0 Å². The molecule has 0 saturated heterocycles. The van der Waals surface area contributed by atoms with Gasteiger partial charge in [0.2, 0.25) is 0 Å². The Bertz CT molecular complexity index is 325. The van der Waals surface area contributed by atoms with Gasteiger partial charge in [0.1, 0.15) is 0 Å². The van der Waals surface area contributed by atoms with Gasteiger partial charge in [-0.15, -0.1) is 0 Å². The number of pyridine rings is 1. The highest BCUT2D eigenvalue weighted by Gasteiger charge is 2.33. The van der Waals surface area contributed by atoms with Gasteiger partial charge in [-0.25, -0.2) is 0 Å². The molecule has 1 fully saturated rings. The van der Waals surface area contributed by atoms with E-state index >= 15 is 0 Å². The van der Waals surface area contributed by atoms with Crippen LogP contribution in [-0.4, -0.2) is 36.1 Å². The van der Waals surface area contributed by atoms with Gasteiger partial charge in [-0.3, -0.25) is 9.88 Å². The zero-order chi connectivity index (χ0) is 12.1. The van der Waals surface area contributed by atoms with E-state index in [4.69, 9.17) is 0 Å². The standard InChI is InChI=1S/C14H23N3/c1-3-15-10-12-7-8-14(12)17(2)11-13-6-4-5-9-16-13/h4-6,9,12,14-15H,3,7-8,10-11H2,1-2H3. The second kappa shape index (κ2) is 6.12. The average Bonchev–Trinajstić information content (AvgIpc) is 2.29. The van der Waals surface area contributed by atoms with E-state index in [1.165, 1.54) is 18.5 Å². The maximum Gasteiger partial charge on any atom is 0.0543 e. The summed E-state index contributed by atoms with van der Waals surface area (Å²) in [6.07, 6.45) is 4.57. The topological polar surface area (TPSA) is 28.2 Å². The molecule has 0 amide bonds. The summed E-state index contributed by atoms with van der Waals surface area (Å²) in [7, 11) is 2.22. The Morgan fingerprint density at radius 3 is 2.88 bits per heavy atom. The first-order valence-electron chi connectivity index (χ1n) is 6.62. The molecule has 0 bridgehead atoms. The zero-order valence-corrected chi connectivity index (χ0v) is 10.9. The molecule has 1 heterocycles. The van der Waals surface area contributed by atoms with Crippen molar-refractivity contribution >= 4 is 0 Å². The normalized spacial score (nSPS) is 23.7. The molecule has 0 radical (unpaired) electrons. The van der Waals surface area contributed by atoms with Crippen molar-refractivity contribution < 1.29 is 0 Å². The highest BCUT2D eigenvalue weighted by molar-refractivity contribution is 5.04. The lowest BCUT2D eigenvalue weighted by Crippen LogP contribution is -2.48. The Labute approximate surface area is 104 Å². The molecule has 17 heavy (non-hydrogen) atoms. The van der Waals surface area contributed by atoms with Crippen LogP contribution in [0.2, 0.25) is 0 Å². The predicted octanol–water partition coefficient (Wildman–Crippen LogP) is 1.90. The molecule has 1 aliphatic rings. The van der Waals surface area contributed by atoms with Gasteiger partial charge in [0.15, 0.2) is 0 Å². The number of rotatable bonds is 6. The number of nitrogens with zero attached hydrogens (tertiary/aromatic N) is 2. The first kappa shape index (κ1) is 12.5. The van der Waals surface area contributed by atoms with E-state index in [2.05, 4.69) is 41.3 Å². The van der Waals surface area contributed by atoms with Crippen LogP contribution >= 0.6 is 0 Å². The van der Waals surface area contributed by atoms with Crippen LogP contribution in [0, 0.1) is 5.92 Å². The van der Waals surface area contributed by atoms with Gasteiger partial charge in [0, 0.05) is 18.8 Å². The third-order valence-electron chi connectivity index (χ3n) is 3.74. The van der Waals surface area contributed by atoms with Gasteiger partial charge in [-0.1, -0.05) is 13.0 Å². The maximum absolute atomic E-state index is 4.39. The van der Waals surface area contributed by atoms with E-state index in [1.54, 1.807) is 0 Å². The smallest absolute Gasteiger partial charge is 0.0543 e. The van der Waals surface area contributed by atoms with Crippen LogP contribution < -0.4 is 5.32 Å². The van der Waals surface area contributed by atoms with Crippen LogP contribution in [0.25, 0.3) is 0 Å². The SMILES string of the molecule is CCNCC1CCC1N(C)Cc1ccccn1. The lowest BCUT2D eigenvalue weighted by atomic mass is 9.78. The number of hydrogen-bond donors (Lipinski definition) is 1. The van der Waals surface area contributed by atoms with E-state index in [0.29, 0.717) is 0 Å². The van der Waals surface area contributed by atoms with Gasteiger partial charge < -0.3 is 5.32 Å². The number of hydrogen-bond acceptors (Lipinski definition) is 3. The Hall–Kier alpha value is -0.930. The monoisotopic (exact) mass is 233 g/mol. The number of aromatic nitrogens is 1. The van der Waals surface area contributed by atoms with Gasteiger partial charge in [-0.2, -0.15) is 0 Å². The Balaban J connectivity index is 1.82. The minimum Gasteiger partial charge on any atom is -0.317 e. The lowest BCUT2D eigenvalue weighted by molar-refractivity contribution is 0.0775. The minimum atomic E-state index is 0.732. The quantitative estimate of drug-likeness (QED) is 0.813. The summed E-state index contributed by atoms with van der Waals surface area (Å²) < 4.78 is 0. The molecule has 1 aromatic heterocycles. The first-order valence-corrected chi connectivity index (χ1v) is 6.62. The van der Waals surface area contributed by atoms with Crippen molar-refractivity contribution in [2.24, 2.45) is 5.92 Å². The van der Waals surface area contributed by atoms with Crippen molar-refractivity contribution in [3.8, 4) is 0 Å². The summed E-state index contributed by atoms with van der Waals surface area (Å²) in [4.78, 5) is 6.84. The molecule has 2 rings (SSSR count). The molecular weight excluding hydrogens is 210 g/mol. The predicted molar refractivity (Wildman–Crippen MR) is 70.8 cm³/mol. The van der Waals surface area contributed by atoms with Crippen LogP contribution in [0.3, 0.4) is 0 Å². The summed E-state index contributed by atoms with van der Waals surface area (Å²) >= 11 is 0. The molecule has 3 heteroatoms. The Morgan fingerprint density at radius 1 is 1.41 bits per heavy atom. The Kier molecular flexibility index (Phi) is 4.51. The fourth-order valence-corrected chi connectivity index (χ4v) is 2.56. The molecule has 1 aliphatic carbocycles. The van der Waals surface area contributed by atoms with E-state index < -0.39 is 0 Å². The molecule has 2 unspecified atom stereocenters. The van der Waals surface area contributed by atoms with E-state index in [9.17, 15) is 0 Å². The number of nitrogens with one attached hydrogen (secondary N) is 1. The molecule has 1 N–H and O–H groups in total. The van der Waals surface area contributed by atoms with Crippen LogP contribution in [0.5, 0.6) is 0 Å². The largest absolute Gasteiger partial charge is 0.317 e. The van der Waals surface area contributed by atoms with Crippen molar-refractivity contribution in [1.82, 2.24) is 15.2 Å². The maximum atomic E-state index is 4.39. The molecular formula is C14H23N3. The fourth-order valence-electron chi connectivity index (χ4n) is 2.56. The summed E-state index contributed by atoms with van der Waals surface area (Å²) in [5, 5.41) is 3.46. The Morgan fingerprint density at radius 2 is 2.29 bits per heavy atom. The molecule has 0 aliphatic heterocycles. The summed E-state index contributed by atoms with van der Waals surface area (Å²) in [6.45, 7) is 5.38. The second-order valence-electron chi connectivity index (χ2n) is 4.95. The van der Waals surface area contributed by atoms with Gasteiger partial charge >= 0.3 is 0 Å². The van der Waals surface area contributed by atoms with Crippen molar-refractivity contribution in [3.05, 3.63) is 30.1 Å². The van der Waals surface area contributed by atoms with Crippen molar-refractivity contribution in [2.45, 2.75) is 32.4 Å².